The molecule has 20 atom stereocenters. The SMILES string of the molecule is Cc1cn([C@H]2CC(OP(O)(=S)OC[C@H]3O[C@@H](n4cnc5c(=O)[nH]c(N)nc54)CC3OP(O)(=S)OC[C@H]3O[C@@H](n4cc(C)c(=O)[nH]c4=O)CC3OP(O)(=S)OC[C@H]3O[C@@H](n4ccc(N)nc4=O)CC3C(C)C)[C@@H](COP(O)(=S)OC3C[C@H](n4cnc5c(=O)[nH]c(N)nc54)O[C@@H]3COP(O)(=S)OC(C)C)O2)c(=O)[nH]c1=O. The predicted octanol–water partition coefficient (Wildman–Crippen LogP) is 0.816. The van der Waals surface area contributed by atoms with Gasteiger partial charge in [0.05, 0.1) is 82.3 Å². The molecule has 598 valence electrons. The van der Waals surface area contributed by atoms with Gasteiger partial charge < -0.3 is 111 Å². The van der Waals surface area contributed by atoms with E-state index in [1.807, 2.05) is 13.8 Å². The smallest absolute Gasteiger partial charge is 0.351 e. The number of aromatic nitrogens is 14. The summed E-state index contributed by atoms with van der Waals surface area (Å²) in [6.45, 7) is -15.0. The Hall–Kier alpha value is -5.21. The number of aryl methyl sites for hydroxylation is 2. The molecule has 15 N–H and O–H groups in total. The lowest BCUT2D eigenvalue weighted by Crippen LogP contribution is -2.33. The molecule has 0 saturated carbocycles. The normalized spacial score (nSPS) is 28.8. The molecule has 0 amide bonds. The van der Waals surface area contributed by atoms with Crippen molar-refractivity contribution in [3.8, 4) is 0 Å². The number of rotatable bonds is 31. The number of fused-ring (bicyclic) bond motifs is 2. The Bertz CT molecular complexity index is 5280. The van der Waals surface area contributed by atoms with Gasteiger partial charge in [-0.05, 0) is 111 Å². The predicted molar refractivity (Wildman–Crippen MR) is 399 cm³/mol. The Balaban J connectivity index is 0.758. The lowest BCUT2D eigenvalue weighted by molar-refractivity contribution is -0.0562. The highest BCUT2D eigenvalue weighted by molar-refractivity contribution is 8.08. The van der Waals surface area contributed by atoms with Gasteiger partial charge in [-0.15, -0.1) is 0 Å². The monoisotopic (exact) mass is 1720 g/mol. The van der Waals surface area contributed by atoms with Crippen molar-refractivity contribution in [2.24, 2.45) is 11.8 Å². The zero-order valence-electron chi connectivity index (χ0n) is 58.0. The molecule has 0 spiro atoms. The molecule has 12 rings (SSSR count). The maximum atomic E-state index is 13.4. The second kappa shape index (κ2) is 33.3. The van der Waals surface area contributed by atoms with Crippen LogP contribution in [0.4, 0.5) is 17.7 Å². The maximum Gasteiger partial charge on any atom is 0.351 e. The van der Waals surface area contributed by atoms with E-state index in [4.69, 9.17) is 145 Å². The van der Waals surface area contributed by atoms with E-state index in [0.29, 0.717) is 6.42 Å². The van der Waals surface area contributed by atoms with Crippen molar-refractivity contribution < 1.29 is 93.4 Å². The number of hydrogen-bond donors (Lipinski definition) is 12. The fourth-order valence-electron chi connectivity index (χ4n) is 12.8. The number of hydrogen-bond acceptors (Lipinski definition) is 35. The van der Waals surface area contributed by atoms with Crippen molar-refractivity contribution in [2.75, 3.05) is 50.2 Å². The van der Waals surface area contributed by atoms with E-state index in [1.54, 1.807) is 13.8 Å². The molecule has 44 nitrogen and oxygen atoms in total. The van der Waals surface area contributed by atoms with Gasteiger partial charge in [-0.1, -0.05) is 13.8 Å². The van der Waals surface area contributed by atoms with Gasteiger partial charge in [-0.25, -0.2) is 24.4 Å². The third-order valence-electron chi connectivity index (χ3n) is 17.9. The van der Waals surface area contributed by atoms with Gasteiger partial charge in [-0.2, -0.15) is 15.0 Å². The van der Waals surface area contributed by atoms with Gasteiger partial charge in [0.2, 0.25) is 11.9 Å². The van der Waals surface area contributed by atoms with E-state index in [1.165, 1.54) is 64.9 Å². The van der Waals surface area contributed by atoms with Crippen LogP contribution in [0.25, 0.3) is 22.3 Å². The zero-order valence-corrected chi connectivity index (χ0v) is 66.6. The molecule has 12 heterocycles. The summed E-state index contributed by atoms with van der Waals surface area (Å²) in [5, 5.41) is 0. The molecular weight excluding hydrogens is 1650 g/mol. The molecular formula is C55H76N17O27P5S5. The second-order valence-corrected chi connectivity index (χ2v) is 40.3. The van der Waals surface area contributed by atoms with Crippen molar-refractivity contribution in [2.45, 2.75) is 166 Å². The molecule has 109 heavy (non-hydrogen) atoms. The molecule has 0 aromatic carbocycles. The standard InChI is InChI=1S/C55H76N17O27P5S5/c1-23(2)27-9-38(68-8-7-37(56)61-53(68)77)90-32(27)16-85-101(81,106)96-28-10-39(69-14-25(5)47(73)66-54(69)78)91-33(28)18-87-104(84,109)99-31-13-42(72-22-60-44-46(72)63-52(58)65-50(44)76)94-36(31)20-89-102(82,107)97-29-11-40(70-15-26(6)48(74)67-55(70)79)92-34(29)19-88-103(83,108)98-30-12-41(93-35(30)17-86-100(80,105)95-24(3)4)71-21-59-43-45(71)62-51(57)64-49(43)75/h7-8,14-15,21-24,27-36,38-42H,9-13,16-20H2,1-6H3,(H,80,105)(H,81,106)(H,82,107)(H,83,108)(H,84,109)(H2,56,61,77)(H,66,73,78)(H,67,74,79)(H3,57,62,64,75)(H3,58,63,65,76)/t27?,28?,29?,30?,31?,32-,33-,34-,35-,36-,38-,39-,40-,41-,42-,100?,101?,102?,103?,104?/m1/s1. The van der Waals surface area contributed by atoms with Crippen LogP contribution in [-0.2, 0) is 128 Å². The van der Waals surface area contributed by atoms with Crippen LogP contribution in [0.2, 0.25) is 0 Å². The maximum absolute atomic E-state index is 13.4. The zero-order chi connectivity index (χ0) is 78.7. The topological polar surface area (TPSA) is 589 Å². The molecule has 0 bridgehead atoms. The van der Waals surface area contributed by atoms with Crippen LogP contribution in [0.15, 0.2) is 70.9 Å². The van der Waals surface area contributed by atoms with E-state index >= 15 is 0 Å². The first-order valence-electron chi connectivity index (χ1n) is 33.2. The van der Waals surface area contributed by atoms with Crippen molar-refractivity contribution >= 4 is 133 Å². The van der Waals surface area contributed by atoms with E-state index in [9.17, 15) is 58.0 Å². The van der Waals surface area contributed by atoms with E-state index in [-0.39, 0.29) is 95.3 Å². The summed E-state index contributed by atoms with van der Waals surface area (Å²) in [6.07, 6.45) is -11.8. The summed E-state index contributed by atoms with van der Waals surface area (Å²) < 4.78 is 97.0. The Morgan fingerprint density at radius 2 is 0.817 bits per heavy atom. The lowest BCUT2D eigenvalue weighted by atomic mass is 9.89. The van der Waals surface area contributed by atoms with Crippen LogP contribution in [0.5, 0.6) is 0 Å². The number of aromatic amines is 4. The van der Waals surface area contributed by atoms with Gasteiger partial charge in [0.15, 0.2) is 22.3 Å². The van der Waals surface area contributed by atoms with Gasteiger partial charge in [0.25, 0.3) is 22.2 Å². The van der Waals surface area contributed by atoms with Crippen LogP contribution in [0.1, 0.15) is 102 Å². The van der Waals surface area contributed by atoms with Crippen molar-refractivity contribution in [1.29, 1.82) is 0 Å². The average Bonchev–Trinajstić information content (AvgIpc) is 1.76. The number of nitrogens with zero attached hydrogens (tertiary/aromatic N) is 10. The minimum absolute atomic E-state index is 0.0160. The summed E-state index contributed by atoms with van der Waals surface area (Å²) in [7, 11) is 0. The van der Waals surface area contributed by atoms with Crippen molar-refractivity contribution in [3.63, 3.8) is 0 Å². The first-order chi connectivity index (χ1) is 51.2. The Morgan fingerprint density at radius 1 is 0.477 bits per heavy atom. The molecule has 10 unspecified atom stereocenters. The van der Waals surface area contributed by atoms with Crippen molar-refractivity contribution in [1.82, 2.24) is 67.7 Å². The molecule has 5 saturated heterocycles. The average molecular weight is 1720 g/mol. The molecule has 0 radical (unpaired) electrons. The second-order valence-electron chi connectivity index (χ2n) is 26.3. The van der Waals surface area contributed by atoms with Crippen LogP contribution in [-0.4, -0.2) is 186 Å². The lowest BCUT2D eigenvalue weighted by Gasteiger charge is -2.28. The number of ether oxygens (including phenoxy) is 5. The molecule has 5 fully saturated rings. The quantitative estimate of drug-likeness (QED) is 0.0268. The Morgan fingerprint density at radius 3 is 1.17 bits per heavy atom. The number of nitrogens with two attached hydrogens (primary N) is 3. The van der Waals surface area contributed by atoms with E-state index < -0.39 is 192 Å². The third kappa shape index (κ3) is 19.9. The van der Waals surface area contributed by atoms with Gasteiger partial charge >= 0.3 is 50.7 Å². The van der Waals surface area contributed by atoms with E-state index in [0.717, 1.165) is 9.13 Å². The Labute approximate surface area is 639 Å². The first kappa shape index (κ1) is 83.2. The summed E-state index contributed by atoms with van der Waals surface area (Å²) in [5.41, 5.74) is 12.3. The summed E-state index contributed by atoms with van der Waals surface area (Å²) in [5.74, 6) is -0.747. The number of nitrogens with one attached hydrogen (secondary N) is 4. The van der Waals surface area contributed by atoms with Crippen LogP contribution >= 0.6 is 33.6 Å². The third-order valence-corrected chi connectivity index (χ3v) is 26.0. The fraction of sp³-hybridized carbons (Fsp3) is 0.600. The highest BCUT2D eigenvalue weighted by Crippen LogP contribution is 2.56. The minimum atomic E-state index is -4.64. The van der Waals surface area contributed by atoms with E-state index in [2.05, 4.69) is 44.9 Å². The molecule has 54 heteroatoms. The van der Waals surface area contributed by atoms with Gasteiger partial charge in [0.1, 0.15) is 61.4 Å². The number of imidazole rings is 2. The highest BCUT2D eigenvalue weighted by Gasteiger charge is 2.49. The summed E-state index contributed by atoms with van der Waals surface area (Å²) >= 11 is 27.6. The van der Waals surface area contributed by atoms with Gasteiger partial charge in [-0.3, -0.25) is 61.9 Å². The first-order valence-corrected chi connectivity index (χ1v) is 46.1. The Kier molecular flexibility index (Phi) is 25.4. The highest BCUT2D eigenvalue weighted by atomic mass is 32.5. The minimum Gasteiger partial charge on any atom is -0.383 e. The number of nitrogen functional groups attached to an aromatic ring is 3. The summed E-state index contributed by atoms with van der Waals surface area (Å²) in [4.78, 5) is 178. The molecule has 5 aliphatic heterocycles. The van der Waals surface area contributed by atoms with Crippen LogP contribution in [0, 0.1) is 25.7 Å². The molecule has 7 aromatic rings. The molecule has 5 aliphatic rings. The molecule has 0 aliphatic carbocycles. The number of H-pyrrole nitrogens is 4. The van der Waals surface area contributed by atoms with Gasteiger partial charge in [0, 0.05) is 55.4 Å². The summed E-state index contributed by atoms with van der Waals surface area (Å²) in [6, 6.07) is 1.45. The fourth-order valence-corrected chi connectivity index (χ4v) is 20.3. The number of anilines is 3. The van der Waals surface area contributed by atoms with Crippen LogP contribution in [0.3, 0.4) is 0 Å². The van der Waals surface area contributed by atoms with Crippen molar-refractivity contribution in [3.05, 3.63) is 121 Å². The van der Waals surface area contributed by atoms with Crippen LogP contribution < -0.4 is 56.5 Å². The molecule has 7 aromatic heterocycles. The largest absolute Gasteiger partial charge is 0.383 e.